The second kappa shape index (κ2) is 5.75. The highest BCUT2D eigenvalue weighted by atomic mass is 16.7. The quantitative estimate of drug-likeness (QED) is 0.711. The molecule has 3 aliphatic heterocycles. The third kappa shape index (κ3) is 2.15. The number of likely N-dealkylation sites (N-methyl/N-ethyl adjacent to an activating group) is 1. The lowest BCUT2D eigenvalue weighted by molar-refractivity contribution is -0.141. The van der Waals surface area contributed by atoms with E-state index in [1.165, 1.54) is 16.6 Å². The third-order valence-corrected chi connectivity index (χ3v) is 6.32. The molecule has 1 N–H and O–H groups in total. The summed E-state index contributed by atoms with van der Waals surface area (Å²) in [5, 5.41) is 1.21. The maximum Gasteiger partial charge on any atom is 0.240 e. The molecular formula is C22H21N3O3. The third-order valence-electron chi connectivity index (χ3n) is 6.32. The van der Waals surface area contributed by atoms with E-state index >= 15 is 0 Å². The van der Waals surface area contributed by atoms with Gasteiger partial charge in [-0.3, -0.25) is 9.69 Å². The van der Waals surface area contributed by atoms with Crippen LogP contribution in [0.2, 0.25) is 0 Å². The maximum atomic E-state index is 13.0. The number of H-pyrrole nitrogens is 1. The Morgan fingerprint density at radius 1 is 1.07 bits per heavy atom. The Bertz CT molecular complexity index is 1110. The highest BCUT2D eigenvalue weighted by Gasteiger charge is 2.44. The van der Waals surface area contributed by atoms with Crippen molar-refractivity contribution in [3.8, 4) is 11.5 Å². The van der Waals surface area contributed by atoms with Crippen molar-refractivity contribution in [2.45, 2.75) is 18.5 Å². The molecule has 6 rings (SSSR count). The number of carbonyl (C=O) groups is 1. The Hall–Kier alpha value is -2.99. The van der Waals surface area contributed by atoms with Gasteiger partial charge < -0.3 is 19.4 Å². The zero-order valence-corrected chi connectivity index (χ0v) is 15.6. The Labute approximate surface area is 162 Å². The molecule has 6 nitrogen and oxygen atoms in total. The summed E-state index contributed by atoms with van der Waals surface area (Å²) in [4.78, 5) is 20.9. The number of fused-ring (bicyclic) bond motifs is 5. The van der Waals surface area contributed by atoms with Gasteiger partial charge in [0.1, 0.15) is 0 Å². The molecule has 0 radical (unpaired) electrons. The van der Waals surface area contributed by atoms with Crippen LogP contribution in [-0.2, 0) is 11.2 Å². The van der Waals surface area contributed by atoms with Crippen LogP contribution < -0.4 is 9.47 Å². The zero-order valence-electron chi connectivity index (χ0n) is 15.6. The summed E-state index contributed by atoms with van der Waals surface area (Å²) in [5.74, 6) is 1.76. The minimum Gasteiger partial charge on any atom is -0.454 e. The molecule has 0 unspecified atom stereocenters. The summed E-state index contributed by atoms with van der Waals surface area (Å²) < 4.78 is 11.1. The molecule has 3 aromatic rings. The van der Waals surface area contributed by atoms with Crippen LogP contribution in [0.1, 0.15) is 22.9 Å². The predicted octanol–water partition coefficient (Wildman–Crippen LogP) is 2.68. The molecule has 3 aliphatic rings. The fraction of sp³-hybridized carbons (Fsp3) is 0.318. The Kier molecular flexibility index (Phi) is 3.29. The van der Waals surface area contributed by atoms with E-state index in [0.717, 1.165) is 42.1 Å². The summed E-state index contributed by atoms with van der Waals surface area (Å²) in [6.07, 6.45) is 0.740. The lowest BCUT2D eigenvalue weighted by Gasteiger charge is -2.46. The number of hydrogen-bond acceptors (Lipinski definition) is 4. The number of nitrogens with one attached hydrogen (secondary N) is 1. The second-order valence-electron chi connectivity index (χ2n) is 7.80. The molecule has 1 aromatic heterocycles. The van der Waals surface area contributed by atoms with Gasteiger partial charge in [-0.15, -0.1) is 0 Å². The molecule has 2 atom stereocenters. The van der Waals surface area contributed by atoms with Gasteiger partial charge in [-0.1, -0.05) is 24.3 Å². The van der Waals surface area contributed by atoms with Gasteiger partial charge in [0.2, 0.25) is 12.7 Å². The normalized spacial score (nSPS) is 23.8. The molecule has 1 fully saturated rings. The summed E-state index contributed by atoms with van der Waals surface area (Å²) in [7, 11) is 1.90. The van der Waals surface area contributed by atoms with Crippen LogP contribution in [0.5, 0.6) is 11.5 Å². The van der Waals surface area contributed by atoms with Crippen LogP contribution in [0.25, 0.3) is 10.9 Å². The number of benzene rings is 2. The van der Waals surface area contributed by atoms with Gasteiger partial charge in [0.15, 0.2) is 11.5 Å². The van der Waals surface area contributed by atoms with E-state index in [0.29, 0.717) is 0 Å². The Morgan fingerprint density at radius 2 is 1.93 bits per heavy atom. The smallest absolute Gasteiger partial charge is 0.240 e. The molecule has 0 spiro atoms. The van der Waals surface area contributed by atoms with E-state index < -0.39 is 0 Å². The first kappa shape index (κ1) is 16.0. The van der Waals surface area contributed by atoms with Gasteiger partial charge in [0.05, 0.1) is 12.1 Å². The van der Waals surface area contributed by atoms with Crippen LogP contribution >= 0.6 is 0 Å². The van der Waals surface area contributed by atoms with Crippen molar-refractivity contribution in [2.75, 3.05) is 26.9 Å². The molecule has 2 aromatic carbocycles. The van der Waals surface area contributed by atoms with Crippen LogP contribution in [0.4, 0.5) is 0 Å². The predicted molar refractivity (Wildman–Crippen MR) is 105 cm³/mol. The fourth-order valence-corrected chi connectivity index (χ4v) is 4.92. The van der Waals surface area contributed by atoms with Gasteiger partial charge in [0, 0.05) is 36.7 Å². The lowest BCUT2D eigenvalue weighted by atomic mass is 9.86. The highest BCUT2D eigenvalue weighted by molar-refractivity contribution is 5.89. The molecule has 142 valence electrons. The van der Waals surface area contributed by atoms with E-state index in [1.54, 1.807) is 0 Å². The van der Waals surface area contributed by atoms with E-state index in [9.17, 15) is 4.79 Å². The lowest BCUT2D eigenvalue weighted by Crippen LogP contribution is -2.59. The van der Waals surface area contributed by atoms with E-state index in [4.69, 9.17) is 9.47 Å². The minimum atomic E-state index is -0.138. The van der Waals surface area contributed by atoms with Crippen molar-refractivity contribution >= 4 is 16.8 Å². The average molecular weight is 375 g/mol. The monoisotopic (exact) mass is 375 g/mol. The SMILES string of the molecule is CN1CCN2[C@H](c3ccc4c(c3)OCO4)c3[nH]c4ccccc4c3C[C@@H]2C1=O. The largest absolute Gasteiger partial charge is 0.454 e. The van der Waals surface area contributed by atoms with E-state index in [1.807, 2.05) is 24.1 Å². The number of carbonyl (C=O) groups excluding carboxylic acids is 1. The summed E-state index contributed by atoms with van der Waals surface area (Å²) in [5.41, 5.74) is 4.69. The average Bonchev–Trinajstić information content (AvgIpc) is 3.33. The van der Waals surface area contributed by atoms with Crippen LogP contribution in [0, 0.1) is 0 Å². The highest BCUT2D eigenvalue weighted by Crippen LogP contribution is 2.44. The number of amides is 1. The molecule has 0 aliphatic carbocycles. The number of hydrogen-bond donors (Lipinski definition) is 1. The summed E-state index contributed by atoms with van der Waals surface area (Å²) in [6.45, 7) is 1.85. The van der Waals surface area contributed by atoms with Gasteiger partial charge in [-0.2, -0.15) is 0 Å². The van der Waals surface area contributed by atoms with Gasteiger partial charge in [0.25, 0.3) is 0 Å². The van der Waals surface area contributed by atoms with Crippen LogP contribution in [0.15, 0.2) is 42.5 Å². The summed E-state index contributed by atoms with van der Waals surface area (Å²) >= 11 is 0. The molecule has 1 saturated heterocycles. The Balaban J connectivity index is 1.56. The standard InChI is InChI=1S/C22H21N3O3/c1-24-8-9-25-17(22(24)26)11-15-14-4-2-3-5-16(14)23-20(15)21(25)13-6-7-18-19(10-13)28-12-27-18/h2-7,10,17,21,23H,8-9,11-12H2,1H3/t17-,21-/m1/s1. The number of para-hydroxylation sites is 1. The number of nitrogens with zero attached hydrogens (tertiary/aromatic N) is 2. The first-order chi connectivity index (χ1) is 13.7. The minimum absolute atomic E-state index is 0.00620. The molecule has 0 saturated carbocycles. The number of rotatable bonds is 1. The van der Waals surface area contributed by atoms with Gasteiger partial charge in [-0.25, -0.2) is 0 Å². The van der Waals surface area contributed by atoms with Crippen LogP contribution in [0.3, 0.4) is 0 Å². The van der Waals surface area contributed by atoms with Crippen molar-refractivity contribution < 1.29 is 14.3 Å². The van der Waals surface area contributed by atoms with E-state index in [-0.39, 0.29) is 24.8 Å². The molecule has 4 heterocycles. The topological polar surface area (TPSA) is 57.8 Å². The zero-order chi connectivity index (χ0) is 18.8. The molecule has 0 bridgehead atoms. The van der Waals surface area contributed by atoms with Gasteiger partial charge >= 0.3 is 0 Å². The molecular weight excluding hydrogens is 354 g/mol. The number of aromatic nitrogens is 1. The number of ether oxygens (including phenoxy) is 2. The summed E-state index contributed by atoms with van der Waals surface area (Å²) in [6, 6.07) is 14.4. The molecule has 6 heteroatoms. The van der Waals surface area contributed by atoms with Gasteiger partial charge in [-0.05, 0) is 35.7 Å². The fourth-order valence-electron chi connectivity index (χ4n) is 4.92. The van der Waals surface area contributed by atoms with Crippen molar-refractivity contribution in [3.63, 3.8) is 0 Å². The number of aromatic amines is 1. The van der Waals surface area contributed by atoms with Crippen molar-refractivity contribution in [2.24, 2.45) is 0 Å². The molecule has 1 amide bonds. The van der Waals surface area contributed by atoms with E-state index in [2.05, 4.69) is 40.2 Å². The van der Waals surface area contributed by atoms with Crippen molar-refractivity contribution in [1.29, 1.82) is 0 Å². The Morgan fingerprint density at radius 3 is 2.86 bits per heavy atom. The molecule has 28 heavy (non-hydrogen) atoms. The van der Waals surface area contributed by atoms with Crippen LogP contribution in [-0.4, -0.2) is 53.7 Å². The first-order valence-electron chi connectivity index (χ1n) is 9.70. The second-order valence-corrected chi connectivity index (χ2v) is 7.80. The first-order valence-corrected chi connectivity index (χ1v) is 9.70. The number of piperazine rings is 1. The van der Waals surface area contributed by atoms with Crippen molar-refractivity contribution in [1.82, 2.24) is 14.8 Å². The van der Waals surface area contributed by atoms with Crippen molar-refractivity contribution in [3.05, 3.63) is 59.3 Å². The maximum absolute atomic E-state index is 13.0.